The number of carbonyl (C=O) groups excluding carboxylic acids is 2. The molecule has 3 aromatic carbocycles. The third-order valence-corrected chi connectivity index (χ3v) is 5.62. The van der Waals surface area contributed by atoms with Crippen molar-refractivity contribution in [2.24, 2.45) is 5.10 Å². The lowest BCUT2D eigenvalue weighted by molar-refractivity contribution is -0.123. The number of methoxy groups -OCH3 is 1. The Bertz CT molecular complexity index is 1220. The highest BCUT2D eigenvalue weighted by molar-refractivity contribution is 9.10. The maximum atomic E-state index is 12.5. The van der Waals surface area contributed by atoms with Crippen LogP contribution < -0.4 is 19.6 Å². The molecule has 0 bridgehead atoms. The number of rotatable bonds is 9. The van der Waals surface area contributed by atoms with Crippen molar-refractivity contribution in [3.8, 4) is 17.2 Å². The lowest BCUT2D eigenvalue weighted by Gasteiger charge is -2.12. The van der Waals surface area contributed by atoms with Crippen LogP contribution in [0.3, 0.4) is 0 Å². The summed E-state index contributed by atoms with van der Waals surface area (Å²) in [6.07, 6.45) is 1.41. The van der Waals surface area contributed by atoms with Gasteiger partial charge < -0.3 is 14.2 Å². The number of carbonyl (C=O) groups is 2. The van der Waals surface area contributed by atoms with Crippen LogP contribution >= 0.6 is 15.9 Å². The molecule has 8 heteroatoms. The van der Waals surface area contributed by atoms with Gasteiger partial charge in [0.25, 0.3) is 5.91 Å². The van der Waals surface area contributed by atoms with Crippen LogP contribution in [0.1, 0.15) is 46.8 Å². The number of esters is 1. The molecule has 3 rings (SSSR count). The largest absolute Gasteiger partial charge is 0.497 e. The number of hydrazone groups is 1. The normalized spacial score (nSPS) is 10.9. The van der Waals surface area contributed by atoms with Gasteiger partial charge in [0.05, 0.1) is 18.9 Å². The van der Waals surface area contributed by atoms with Crippen LogP contribution in [-0.2, 0) is 4.79 Å². The maximum absolute atomic E-state index is 12.5. The van der Waals surface area contributed by atoms with Gasteiger partial charge in [0.2, 0.25) is 0 Å². The van der Waals surface area contributed by atoms with Gasteiger partial charge in [-0.05, 0) is 72.5 Å². The highest BCUT2D eigenvalue weighted by Gasteiger charge is 2.12. The quantitative estimate of drug-likeness (QED) is 0.165. The van der Waals surface area contributed by atoms with Gasteiger partial charge in [0, 0.05) is 10.0 Å². The summed E-state index contributed by atoms with van der Waals surface area (Å²) in [4.78, 5) is 24.8. The monoisotopic (exact) mass is 538 g/mol. The Morgan fingerprint density at radius 1 is 1.03 bits per heavy atom. The zero-order chi connectivity index (χ0) is 25.4. The number of halogens is 1. The molecule has 35 heavy (non-hydrogen) atoms. The second-order valence-electron chi connectivity index (χ2n) is 8.06. The van der Waals surface area contributed by atoms with Crippen LogP contribution in [0.15, 0.2) is 70.2 Å². The molecule has 3 aromatic rings. The second kappa shape index (κ2) is 12.2. The lowest BCUT2D eigenvalue weighted by atomic mass is 10.0. The highest BCUT2D eigenvalue weighted by Crippen LogP contribution is 2.25. The van der Waals surface area contributed by atoms with Crippen LogP contribution in [-0.4, -0.2) is 31.8 Å². The molecule has 0 aliphatic carbocycles. The average Bonchev–Trinajstić information content (AvgIpc) is 2.85. The van der Waals surface area contributed by atoms with Crippen molar-refractivity contribution in [2.75, 3.05) is 13.7 Å². The van der Waals surface area contributed by atoms with Crippen molar-refractivity contribution in [3.63, 3.8) is 0 Å². The minimum atomic E-state index is -0.527. The van der Waals surface area contributed by atoms with Crippen molar-refractivity contribution in [1.29, 1.82) is 0 Å². The first kappa shape index (κ1) is 26.0. The van der Waals surface area contributed by atoms with Gasteiger partial charge in [-0.2, -0.15) is 5.10 Å². The van der Waals surface area contributed by atoms with E-state index in [-0.39, 0.29) is 6.61 Å². The summed E-state index contributed by atoms with van der Waals surface area (Å²) in [6.45, 7) is 5.94. The Kier molecular flexibility index (Phi) is 9.03. The van der Waals surface area contributed by atoms with Crippen LogP contribution in [0.4, 0.5) is 0 Å². The standard InChI is InChI=1S/C27H27BrN2O5/c1-17(2)20-6-5-18(3)25(14-20)34-16-26(31)30-29-15-21-13-22(28)9-12-24(21)35-27(32)19-7-10-23(33-4)11-8-19/h5-15,17H,16H2,1-4H3,(H,30,31)/b29-15-. The fourth-order valence-corrected chi connectivity index (χ4v) is 3.46. The van der Waals surface area contributed by atoms with Gasteiger partial charge >= 0.3 is 5.97 Å². The number of aryl methyl sites for hydroxylation is 1. The van der Waals surface area contributed by atoms with Gasteiger partial charge in [-0.1, -0.05) is 41.9 Å². The molecule has 0 aliphatic rings. The number of nitrogens with zero attached hydrogens (tertiary/aromatic N) is 1. The predicted octanol–water partition coefficient (Wildman–Crippen LogP) is 5.64. The van der Waals surface area contributed by atoms with Crippen molar-refractivity contribution in [2.45, 2.75) is 26.7 Å². The van der Waals surface area contributed by atoms with E-state index in [0.29, 0.717) is 34.3 Å². The first-order valence-electron chi connectivity index (χ1n) is 11.0. The summed E-state index contributed by atoms with van der Waals surface area (Å²) in [7, 11) is 1.55. The van der Waals surface area contributed by atoms with E-state index in [1.165, 1.54) is 6.21 Å². The van der Waals surface area contributed by atoms with Gasteiger partial charge in [-0.25, -0.2) is 10.2 Å². The van der Waals surface area contributed by atoms with E-state index in [1.54, 1.807) is 49.6 Å². The first-order valence-corrected chi connectivity index (χ1v) is 11.8. The van der Waals surface area contributed by atoms with Gasteiger partial charge in [0.15, 0.2) is 6.61 Å². The molecule has 0 saturated heterocycles. The fourth-order valence-electron chi connectivity index (χ4n) is 3.08. The van der Waals surface area contributed by atoms with E-state index in [9.17, 15) is 9.59 Å². The molecule has 0 aliphatic heterocycles. The summed E-state index contributed by atoms with van der Waals surface area (Å²) in [5.41, 5.74) is 5.40. The average molecular weight is 539 g/mol. The van der Waals surface area contributed by atoms with E-state index in [2.05, 4.69) is 40.3 Å². The molecule has 0 radical (unpaired) electrons. The molecule has 0 unspecified atom stereocenters. The molecule has 0 atom stereocenters. The molecule has 0 spiro atoms. The Balaban J connectivity index is 1.62. The number of hydrogen-bond acceptors (Lipinski definition) is 6. The van der Waals surface area contributed by atoms with Crippen LogP contribution in [0.5, 0.6) is 17.2 Å². The number of amides is 1. The van der Waals surface area contributed by atoms with Crippen molar-refractivity contribution in [1.82, 2.24) is 5.43 Å². The maximum Gasteiger partial charge on any atom is 0.343 e. The number of ether oxygens (including phenoxy) is 3. The molecule has 182 valence electrons. The first-order chi connectivity index (χ1) is 16.8. The summed E-state index contributed by atoms with van der Waals surface area (Å²) in [6, 6.07) is 17.7. The summed E-state index contributed by atoms with van der Waals surface area (Å²) >= 11 is 3.39. The molecule has 7 nitrogen and oxygen atoms in total. The summed E-state index contributed by atoms with van der Waals surface area (Å²) in [5.74, 6) is 1.01. The second-order valence-corrected chi connectivity index (χ2v) is 8.98. The van der Waals surface area contributed by atoms with E-state index >= 15 is 0 Å². The summed E-state index contributed by atoms with van der Waals surface area (Å²) in [5, 5.41) is 3.99. The molecular formula is C27H27BrN2O5. The molecule has 1 N–H and O–H groups in total. The molecular weight excluding hydrogens is 512 g/mol. The Labute approximate surface area is 213 Å². The van der Waals surface area contributed by atoms with Gasteiger partial charge in [-0.15, -0.1) is 0 Å². The van der Waals surface area contributed by atoms with E-state index in [1.807, 2.05) is 25.1 Å². The molecule has 0 heterocycles. The molecule has 0 fully saturated rings. The van der Waals surface area contributed by atoms with E-state index in [4.69, 9.17) is 14.2 Å². The number of nitrogens with one attached hydrogen (secondary N) is 1. The topological polar surface area (TPSA) is 86.2 Å². The zero-order valence-corrected chi connectivity index (χ0v) is 21.6. The van der Waals surface area contributed by atoms with E-state index < -0.39 is 11.9 Å². The SMILES string of the molecule is COc1ccc(C(=O)Oc2ccc(Br)cc2/C=N\NC(=O)COc2cc(C(C)C)ccc2C)cc1. The van der Waals surface area contributed by atoms with Crippen LogP contribution in [0.2, 0.25) is 0 Å². The molecule has 1 amide bonds. The predicted molar refractivity (Wildman–Crippen MR) is 139 cm³/mol. The van der Waals surface area contributed by atoms with Gasteiger partial charge in [0.1, 0.15) is 17.2 Å². The third kappa shape index (κ3) is 7.42. The smallest absolute Gasteiger partial charge is 0.343 e. The molecule has 0 aromatic heterocycles. The fraction of sp³-hybridized carbons (Fsp3) is 0.222. The van der Waals surface area contributed by atoms with E-state index in [0.717, 1.165) is 15.6 Å². The van der Waals surface area contributed by atoms with Gasteiger partial charge in [-0.3, -0.25) is 4.79 Å². The Morgan fingerprint density at radius 3 is 2.46 bits per heavy atom. The van der Waals surface area contributed by atoms with Crippen LogP contribution in [0.25, 0.3) is 0 Å². The van der Waals surface area contributed by atoms with Crippen LogP contribution in [0, 0.1) is 6.92 Å². The van der Waals surface area contributed by atoms with Crippen molar-refractivity contribution >= 4 is 34.0 Å². The van der Waals surface area contributed by atoms with Crippen molar-refractivity contribution < 1.29 is 23.8 Å². The highest BCUT2D eigenvalue weighted by atomic mass is 79.9. The number of benzene rings is 3. The van der Waals surface area contributed by atoms with Crippen molar-refractivity contribution in [3.05, 3.63) is 87.4 Å². The summed E-state index contributed by atoms with van der Waals surface area (Å²) < 4.78 is 17.1. The lowest BCUT2D eigenvalue weighted by Crippen LogP contribution is -2.24. The number of hydrogen-bond donors (Lipinski definition) is 1. The Hall–Kier alpha value is -3.65. The minimum Gasteiger partial charge on any atom is -0.497 e. The Morgan fingerprint density at radius 2 is 1.77 bits per heavy atom. The zero-order valence-electron chi connectivity index (χ0n) is 20.0. The molecule has 0 saturated carbocycles. The third-order valence-electron chi connectivity index (χ3n) is 5.13. The minimum absolute atomic E-state index is 0.183.